The number of carbonyl (C=O) groups excluding carboxylic acids is 2. The lowest BCUT2D eigenvalue weighted by atomic mass is 9.66. The van der Waals surface area contributed by atoms with E-state index >= 15 is 0 Å². The lowest BCUT2D eigenvalue weighted by molar-refractivity contribution is -0.169. The molecule has 1 aliphatic heterocycles. The van der Waals surface area contributed by atoms with E-state index < -0.39 is 29.7 Å². The van der Waals surface area contributed by atoms with Crippen LogP contribution in [-0.2, 0) is 23.8 Å². The maximum absolute atomic E-state index is 12.2. The summed E-state index contributed by atoms with van der Waals surface area (Å²) in [6.07, 6.45) is -0.218. The van der Waals surface area contributed by atoms with Gasteiger partial charge in [-0.1, -0.05) is 6.92 Å². The topological polar surface area (TPSA) is 102 Å². The largest absolute Gasteiger partial charge is 0.466 e. The summed E-state index contributed by atoms with van der Waals surface area (Å²) in [6, 6.07) is 0. The number of rotatable bonds is 4. The Hall–Kier alpha value is -1.44. The third-order valence-corrected chi connectivity index (χ3v) is 4.43. The van der Waals surface area contributed by atoms with Gasteiger partial charge in [0.15, 0.2) is 0 Å². The van der Waals surface area contributed by atoms with Gasteiger partial charge in [-0.25, -0.2) is 4.79 Å². The van der Waals surface area contributed by atoms with Gasteiger partial charge in [0.25, 0.3) is 0 Å². The van der Waals surface area contributed by atoms with Crippen molar-refractivity contribution < 1.29 is 34.0 Å². The highest BCUT2D eigenvalue weighted by molar-refractivity contribution is 5.94. The molecule has 1 unspecified atom stereocenters. The fourth-order valence-electron chi connectivity index (χ4n) is 3.25. The van der Waals surface area contributed by atoms with Gasteiger partial charge in [-0.05, 0) is 25.3 Å². The molecular weight excluding hydrogens is 292 g/mol. The van der Waals surface area contributed by atoms with E-state index in [-0.39, 0.29) is 30.6 Å². The smallest absolute Gasteiger partial charge is 0.339 e. The van der Waals surface area contributed by atoms with Crippen molar-refractivity contribution in [2.45, 2.75) is 44.7 Å². The van der Waals surface area contributed by atoms with Crippen molar-refractivity contribution in [2.24, 2.45) is 11.8 Å². The molecule has 1 aliphatic carbocycles. The highest BCUT2D eigenvalue weighted by atomic mass is 16.6. The van der Waals surface area contributed by atoms with Crippen LogP contribution in [0.2, 0.25) is 0 Å². The first-order chi connectivity index (χ1) is 10.3. The van der Waals surface area contributed by atoms with Crippen LogP contribution in [0.25, 0.3) is 0 Å². The van der Waals surface area contributed by atoms with Crippen LogP contribution in [0.5, 0.6) is 0 Å². The zero-order chi connectivity index (χ0) is 16.5. The van der Waals surface area contributed by atoms with Crippen molar-refractivity contribution in [3.63, 3.8) is 0 Å². The lowest BCUT2D eigenvalue weighted by Crippen LogP contribution is -2.54. The van der Waals surface area contributed by atoms with Gasteiger partial charge in [0, 0.05) is 13.5 Å². The monoisotopic (exact) mass is 314 g/mol. The molecule has 7 nitrogen and oxygen atoms in total. The van der Waals surface area contributed by atoms with E-state index in [1.165, 1.54) is 7.11 Å². The summed E-state index contributed by atoms with van der Waals surface area (Å²) in [7, 11) is 1.52. The molecule has 0 amide bonds. The Morgan fingerprint density at radius 1 is 1.55 bits per heavy atom. The number of methoxy groups -OCH3 is 1. The molecule has 0 aromatic heterocycles. The van der Waals surface area contributed by atoms with Gasteiger partial charge in [0.1, 0.15) is 5.60 Å². The van der Waals surface area contributed by atoms with Crippen LogP contribution in [0.3, 0.4) is 0 Å². The second-order valence-electron chi connectivity index (χ2n) is 5.80. The van der Waals surface area contributed by atoms with Crippen LogP contribution in [-0.4, -0.2) is 53.9 Å². The first-order valence-electron chi connectivity index (χ1n) is 7.36. The highest BCUT2D eigenvalue weighted by Crippen LogP contribution is 2.44. The second kappa shape index (κ2) is 6.36. The molecule has 2 rings (SSSR count). The molecule has 22 heavy (non-hydrogen) atoms. The van der Waals surface area contributed by atoms with E-state index in [0.717, 1.165) is 6.08 Å². The van der Waals surface area contributed by atoms with Gasteiger partial charge in [0.05, 0.1) is 24.2 Å². The van der Waals surface area contributed by atoms with Gasteiger partial charge in [-0.15, -0.1) is 0 Å². The summed E-state index contributed by atoms with van der Waals surface area (Å²) >= 11 is 0. The molecule has 0 bridgehead atoms. The standard InChI is InChI=1S/C15H22O7/c1-4-21-13(17)9-5-8(2)11(20-3)7-15(9,19)10-6-12(16)22-14(10)18/h6,8-9,11-12,16,19H,4-5,7H2,1-3H3/t8-,9-,11-,12?,15-/m0/s1. The number of cyclic esters (lactones) is 1. The average molecular weight is 314 g/mol. The van der Waals surface area contributed by atoms with Crippen molar-refractivity contribution in [1.29, 1.82) is 0 Å². The Bertz CT molecular complexity index is 486. The molecule has 0 saturated heterocycles. The molecule has 2 aliphatic rings. The number of carbonyl (C=O) groups is 2. The minimum Gasteiger partial charge on any atom is -0.466 e. The molecule has 2 N–H and O–H groups in total. The zero-order valence-corrected chi connectivity index (χ0v) is 12.9. The Morgan fingerprint density at radius 2 is 2.23 bits per heavy atom. The number of aliphatic hydroxyl groups is 2. The van der Waals surface area contributed by atoms with E-state index in [9.17, 15) is 19.8 Å². The predicted molar refractivity (Wildman–Crippen MR) is 74.4 cm³/mol. The summed E-state index contributed by atoms with van der Waals surface area (Å²) in [5.74, 6) is -2.28. The van der Waals surface area contributed by atoms with Crippen LogP contribution in [0, 0.1) is 11.8 Å². The molecule has 0 spiro atoms. The van der Waals surface area contributed by atoms with Crippen molar-refractivity contribution in [1.82, 2.24) is 0 Å². The van der Waals surface area contributed by atoms with E-state index in [2.05, 4.69) is 4.74 Å². The number of ether oxygens (including phenoxy) is 3. The molecule has 7 heteroatoms. The van der Waals surface area contributed by atoms with E-state index in [1.54, 1.807) is 6.92 Å². The summed E-state index contributed by atoms with van der Waals surface area (Å²) in [5, 5.41) is 20.5. The minimum absolute atomic E-state index is 0.0163. The van der Waals surface area contributed by atoms with Crippen LogP contribution in [0.1, 0.15) is 26.7 Å². The van der Waals surface area contributed by atoms with E-state index in [4.69, 9.17) is 9.47 Å². The Balaban J connectivity index is 2.38. The third kappa shape index (κ3) is 2.88. The second-order valence-corrected chi connectivity index (χ2v) is 5.80. The fourth-order valence-corrected chi connectivity index (χ4v) is 3.25. The van der Waals surface area contributed by atoms with Crippen molar-refractivity contribution in [3.8, 4) is 0 Å². The van der Waals surface area contributed by atoms with Gasteiger partial charge in [0.2, 0.25) is 6.29 Å². The Kier molecular flexibility index (Phi) is 4.89. The van der Waals surface area contributed by atoms with Crippen LogP contribution < -0.4 is 0 Å². The number of aliphatic hydroxyl groups excluding tert-OH is 1. The van der Waals surface area contributed by atoms with E-state index in [0.29, 0.717) is 6.42 Å². The molecule has 1 saturated carbocycles. The maximum atomic E-state index is 12.2. The molecule has 0 aromatic rings. The SMILES string of the molecule is CCOC(=O)[C@@H]1C[C@H](C)[C@@H](OC)C[C@@]1(O)C1=CC(O)OC1=O. The highest BCUT2D eigenvalue weighted by Gasteiger charge is 2.55. The van der Waals surface area contributed by atoms with Crippen molar-refractivity contribution >= 4 is 11.9 Å². The molecule has 1 fully saturated rings. The third-order valence-electron chi connectivity index (χ3n) is 4.43. The van der Waals surface area contributed by atoms with E-state index in [1.807, 2.05) is 6.92 Å². The first kappa shape index (κ1) is 16.9. The summed E-state index contributed by atoms with van der Waals surface area (Å²) in [4.78, 5) is 24.1. The first-order valence-corrected chi connectivity index (χ1v) is 7.36. The molecule has 1 heterocycles. The number of hydrogen-bond donors (Lipinski definition) is 2. The van der Waals surface area contributed by atoms with Gasteiger partial charge in [-0.2, -0.15) is 0 Å². The van der Waals surface area contributed by atoms with Crippen LogP contribution in [0.15, 0.2) is 11.6 Å². The maximum Gasteiger partial charge on any atom is 0.339 e. The molecular formula is C15H22O7. The average Bonchev–Trinajstić information content (AvgIpc) is 2.80. The summed E-state index contributed by atoms with van der Waals surface area (Å²) < 4.78 is 15.0. The normalized spacial score (nSPS) is 38.4. The minimum atomic E-state index is -1.77. The van der Waals surface area contributed by atoms with Crippen LogP contribution >= 0.6 is 0 Å². The quantitative estimate of drug-likeness (QED) is 0.712. The molecule has 124 valence electrons. The Morgan fingerprint density at radius 3 is 2.73 bits per heavy atom. The number of hydrogen-bond acceptors (Lipinski definition) is 7. The number of esters is 2. The molecule has 0 aromatic carbocycles. The lowest BCUT2D eigenvalue weighted by Gasteiger charge is -2.44. The molecule has 0 radical (unpaired) electrons. The van der Waals surface area contributed by atoms with Gasteiger partial charge in [-0.3, -0.25) is 4.79 Å². The predicted octanol–water partition coefficient (Wildman–Crippen LogP) is 0.143. The fraction of sp³-hybridized carbons (Fsp3) is 0.733. The van der Waals surface area contributed by atoms with Gasteiger partial charge >= 0.3 is 11.9 Å². The van der Waals surface area contributed by atoms with Crippen LogP contribution in [0.4, 0.5) is 0 Å². The summed E-state index contributed by atoms with van der Waals surface area (Å²) in [5.41, 5.74) is -1.87. The van der Waals surface area contributed by atoms with Gasteiger partial charge < -0.3 is 24.4 Å². The van der Waals surface area contributed by atoms with Crippen molar-refractivity contribution in [3.05, 3.63) is 11.6 Å². The zero-order valence-electron chi connectivity index (χ0n) is 12.9. The summed E-state index contributed by atoms with van der Waals surface area (Å²) in [6.45, 7) is 3.77. The Labute approximate surface area is 128 Å². The molecule has 5 atom stereocenters. The van der Waals surface area contributed by atoms with Crippen molar-refractivity contribution in [2.75, 3.05) is 13.7 Å².